The van der Waals surface area contributed by atoms with Gasteiger partial charge in [-0.2, -0.15) is 0 Å². The molecule has 0 saturated heterocycles. The van der Waals surface area contributed by atoms with Gasteiger partial charge < -0.3 is 19.3 Å². The van der Waals surface area contributed by atoms with Crippen LogP contribution in [0.15, 0.2) is 24.3 Å². The van der Waals surface area contributed by atoms with Crippen LogP contribution in [0.5, 0.6) is 11.5 Å². The summed E-state index contributed by atoms with van der Waals surface area (Å²) < 4.78 is 16.7. The summed E-state index contributed by atoms with van der Waals surface area (Å²) in [6, 6.07) is 7.62. The Balaban J connectivity index is 1.64. The molecule has 0 atom stereocenters. The second kappa shape index (κ2) is 8.12. The molecule has 1 aliphatic rings. The van der Waals surface area contributed by atoms with Gasteiger partial charge in [-0.05, 0) is 43.7 Å². The number of methoxy groups -OCH3 is 1. The van der Waals surface area contributed by atoms with Crippen molar-refractivity contribution in [2.24, 2.45) is 5.92 Å². The summed E-state index contributed by atoms with van der Waals surface area (Å²) in [6.45, 7) is 1.43. The van der Waals surface area contributed by atoms with E-state index in [1.54, 1.807) is 7.11 Å². The Morgan fingerprint density at radius 3 is 2.40 bits per heavy atom. The third-order valence-electron chi connectivity index (χ3n) is 3.82. The van der Waals surface area contributed by atoms with Crippen LogP contribution in [-0.4, -0.2) is 38.1 Å². The fourth-order valence-electron chi connectivity index (χ4n) is 2.59. The standard InChI is InChI=1S/C16H24O4/c1-18-15-4-2-3-5-16(15)20-11-10-19-14-8-6-13(12-17)7-9-14/h2-5,13-14,17H,6-12H2,1H3. The molecule has 0 amide bonds. The van der Waals surface area contributed by atoms with Gasteiger partial charge in [0.2, 0.25) is 0 Å². The minimum atomic E-state index is 0.309. The summed E-state index contributed by atoms with van der Waals surface area (Å²) in [5, 5.41) is 9.09. The van der Waals surface area contributed by atoms with E-state index in [0.29, 0.717) is 31.8 Å². The van der Waals surface area contributed by atoms with Crippen LogP contribution < -0.4 is 9.47 Å². The minimum Gasteiger partial charge on any atom is -0.493 e. The molecule has 1 aromatic rings. The van der Waals surface area contributed by atoms with Crippen molar-refractivity contribution in [1.82, 2.24) is 0 Å². The summed E-state index contributed by atoms with van der Waals surface area (Å²) >= 11 is 0. The smallest absolute Gasteiger partial charge is 0.161 e. The van der Waals surface area contributed by atoms with Gasteiger partial charge in [-0.3, -0.25) is 0 Å². The third-order valence-corrected chi connectivity index (χ3v) is 3.82. The maximum absolute atomic E-state index is 9.09. The number of ether oxygens (including phenoxy) is 3. The van der Waals surface area contributed by atoms with Crippen molar-refractivity contribution in [1.29, 1.82) is 0 Å². The predicted octanol–water partition coefficient (Wildman–Crippen LogP) is 2.64. The Bertz CT molecular complexity index is 386. The SMILES string of the molecule is COc1ccccc1OCCOC1CCC(CO)CC1. The average molecular weight is 280 g/mol. The Labute approximate surface area is 120 Å². The van der Waals surface area contributed by atoms with E-state index in [0.717, 1.165) is 37.2 Å². The first-order chi connectivity index (χ1) is 9.83. The van der Waals surface area contributed by atoms with Gasteiger partial charge in [-0.15, -0.1) is 0 Å². The minimum absolute atomic E-state index is 0.309. The molecule has 0 aliphatic heterocycles. The van der Waals surface area contributed by atoms with Gasteiger partial charge >= 0.3 is 0 Å². The third kappa shape index (κ3) is 4.39. The first-order valence-electron chi connectivity index (χ1n) is 7.31. The van der Waals surface area contributed by atoms with Crippen molar-refractivity contribution in [3.63, 3.8) is 0 Å². The van der Waals surface area contributed by atoms with E-state index in [2.05, 4.69) is 0 Å². The van der Waals surface area contributed by atoms with E-state index in [9.17, 15) is 0 Å². The molecule has 1 N–H and O–H groups in total. The van der Waals surface area contributed by atoms with Gasteiger partial charge in [0.1, 0.15) is 6.61 Å². The van der Waals surface area contributed by atoms with Gasteiger partial charge in [-0.25, -0.2) is 0 Å². The van der Waals surface area contributed by atoms with Gasteiger partial charge in [-0.1, -0.05) is 12.1 Å². The van der Waals surface area contributed by atoms with Crippen molar-refractivity contribution in [3.05, 3.63) is 24.3 Å². The summed E-state index contributed by atoms with van der Waals surface area (Å²) in [6.07, 6.45) is 4.53. The number of hydrogen-bond acceptors (Lipinski definition) is 4. The van der Waals surface area contributed by atoms with Crippen molar-refractivity contribution in [3.8, 4) is 11.5 Å². The Kier molecular flexibility index (Phi) is 6.15. The quantitative estimate of drug-likeness (QED) is 0.780. The molecule has 1 saturated carbocycles. The molecule has 0 bridgehead atoms. The van der Waals surface area contributed by atoms with E-state index in [4.69, 9.17) is 19.3 Å². The Hall–Kier alpha value is -1.26. The van der Waals surface area contributed by atoms with Crippen LogP contribution in [-0.2, 0) is 4.74 Å². The van der Waals surface area contributed by atoms with Crippen LogP contribution in [0.2, 0.25) is 0 Å². The summed E-state index contributed by atoms with van der Waals surface area (Å²) in [4.78, 5) is 0. The van der Waals surface area contributed by atoms with E-state index in [1.807, 2.05) is 24.3 Å². The number of rotatable bonds is 7. The van der Waals surface area contributed by atoms with Crippen molar-refractivity contribution < 1.29 is 19.3 Å². The Morgan fingerprint density at radius 1 is 1.05 bits per heavy atom. The van der Waals surface area contributed by atoms with Crippen LogP contribution in [0.3, 0.4) is 0 Å². The van der Waals surface area contributed by atoms with E-state index < -0.39 is 0 Å². The van der Waals surface area contributed by atoms with Crippen LogP contribution in [0.4, 0.5) is 0 Å². The lowest BCUT2D eigenvalue weighted by Gasteiger charge is -2.27. The van der Waals surface area contributed by atoms with Crippen LogP contribution >= 0.6 is 0 Å². The molecular formula is C16H24O4. The maximum atomic E-state index is 9.09. The number of para-hydroxylation sites is 2. The zero-order chi connectivity index (χ0) is 14.2. The number of aliphatic hydroxyl groups excluding tert-OH is 1. The average Bonchev–Trinajstić information content (AvgIpc) is 2.52. The van der Waals surface area contributed by atoms with Crippen LogP contribution in [0.1, 0.15) is 25.7 Å². The highest BCUT2D eigenvalue weighted by atomic mass is 16.5. The first-order valence-corrected chi connectivity index (χ1v) is 7.31. The van der Waals surface area contributed by atoms with Crippen LogP contribution in [0.25, 0.3) is 0 Å². The highest BCUT2D eigenvalue weighted by Crippen LogP contribution is 2.27. The van der Waals surface area contributed by atoms with Gasteiger partial charge in [0.15, 0.2) is 11.5 Å². The molecular weight excluding hydrogens is 256 g/mol. The molecule has 20 heavy (non-hydrogen) atoms. The van der Waals surface area contributed by atoms with Gasteiger partial charge in [0, 0.05) is 6.61 Å². The molecule has 0 unspecified atom stereocenters. The van der Waals surface area contributed by atoms with Crippen molar-refractivity contribution in [2.75, 3.05) is 26.9 Å². The largest absolute Gasteiger partial charge is 0.493 e. The zero-order valence-corrected chi connectivity index (χ0v) is 12.1. The number of aliphatic hydroxyl groups is 1. The highest BCUT2D eigenvalue weighted by Gasteiger charge is 2.20. The predicted molar refractivity (Wildman–Crippen MR) is 77.3 cm³/mol. The zero-order valence-electron chi connectivity index (χ0n) is 12.1. The topological polar surface area (TPSA) is 47.9 Å². The second-order valence-electron chi connectivity index (χ2n) is 5.20. The molecule has 0 heterocycles. The molecule has 112 valence electrons. The molecule has 4 heteroatoms. The summed E-state index contributed by atoms with van der Waals surface area (Å²) in [5.74, 6) is 1.97. The van der Waals surface area contributed by atoms with Gasteiger partial charge in [0.25, 0.3) is 0 Å². The van der Waals surface area contributed by atoms with E-state index in [1.165, 1.54) is 0 Å². The fraction of sp³-hybridized carbons (Fsp3) is 0.625. The van der Waals surface area contributed by atoms with Crippen LogP contribution in [0, 0.1) is 5.92 Å². The molecule has 0 spiro atoms. The molecule has 1 fully saturated rings. The summed E-state index contributed by atoms with van der Waals surface area (Å²) in [5.41, 5.74) is 0. The van der Waals surface area contributed by atoms with E-state index in [-0.39, 0.29) is 0 Å². The maximum Gasteiger partial charge on any atom is 0.161 e. The molecule has 0 radical (unpaired) electrons. The number of benzene rings is 1. The first kappa shape index (κ1) is 15.1. The lowest BCUT2D eigenvalue weighted by atomic mass is 9.88. The van der Waals surface area contributed by atoms with Crippen molar-refractivity contribution >= 4 is 0 Å². The second-order valence-corrected chi connectivity index (χ2v) is 5.20. The monoisotopic (exact) mass is 280 g/mol. The highest BCUT2D eigenvalue weighted by molar-refractivity contribution is 5.39. The molecule has 1 aliphatic carbocycles. The van der Waals surface area contributed by atoms with E-state index >= 15 is 0 Å². The summed E-state index contributed by atoms with van der Waals surface area (Å²) in [7, 11) is 1.64. The van der Waals surface area contributed by atoms with Crippen molar-refractivity contribution in [2.45, 2.75) is 31.8 Å². The fourth-order valence-corrected chi connectivity index (χ4v) is 2.59. The molecule has 4 nitrogen and oxygen atoms in total. The normalized spacial score (nSPS) is 22.5. The molecule has 2 rings (SSSR count). The Morgan fingerprint density at radius 2 is 1.75 bits per heavy atom. The molecule has 0 aromatic heterocycles. The molecule has 1 aromatic carbocycles. The van der Waals surface area contributed by atoms with Gasteiger partial charge in [0.05, 0.1) is 19.8 Å². The lowest BCUT2D eigenvalue weighted by Crippen LogP contribution is -2.25. The lowest BCUT2D eigenvalue weighted by molar-refractivity contribution is -0.00131. The number of hydrogen-bond donors (Lipinski definition) is 1.